The van der Waals surface area contributed by atoms with E-state index in [2.05, 4.69) is 44.2 Å². The van der Waals surface area contributed by atoms with Gasteiger partial charge in [-0.2, -0.15) is 0 Å². The third-order valence-electron chi connectivity index (χ3n) is 6.09. The molecule has 0 N–H and O–H groups in total. The van der Waals surface area contributed by atoms with Crippen LogP contribution in [0.1, 0.15) is 42.1 Å². The Labute approximate surface area is 142 Å². The van der Waals surface area contributed by atoms with Crippen molar-refractivity contribution in [1.82, 2.24) is 19.9 Å². The molecule has 5 nitrogen and oxygen atoms in total. The van der Waals surface area contributed by atoms with Crippen LogP contribution in [0.4, 0.5) is 0 Å². The molecule has 2 aromatic rings. The van der Waals surface area contributed by atoms with E-state index in [1.807, 2.05) is 6.20 Å². The largest absolute Gasteiger partial charge is 0.368 e. The average Bonchev–Trinajstić information content (AvgIpc) is 3.01. The van der Waals surface area contributed by atoms with Crippen LogP contribution in [-0.2, 0) is 24.2 Å². The van der Waals surface area contributed by atoms with Gasteiger partial charge in [0.1, 0.15) is 0 Å². The van der Waals surface area contributed by atoms with Crippen LogP contribution in [0, 0.1) is 0 Å². The molecule has 0 bridgehead atoms. The molecule has 24 heavy (non-hydrogen) atoms. The molecule has 1 saturated heterocycles. The normalized spacial score (nSPS) is 27.8. The minimum Gasteiger partial charge on any atom is -0.368 e. The van der Waals surface area contributed by atoms with Crippen molar-refractivity contribution in [2.24, 2.45) is 0 Å². The molecule has 0 saturated carbocycles. The van der Waals surface area contributed by atoms with Gasteiger partial charge in [0.2, 0.25) is 0 Å². The summed E-state index contributed by atoms with van der Waals surface area (Å²) in [7, 11) is 0. The van der Waals surface area contributed by atoms with Gasteiger partial charge in [-0.3, -0.25) is 4.90 Å². The molecule has 2 aliphatic heterocycles. The number of likely N-dealkylation sites (tertiary alicyclic amines) is 1. The van der Waals surface area contributed by atoms with E-state index in [0.29, 0.717) is 18.7 Å². The topological polar surface area (TPSA) is 43.2 Å². The average molecular weight is 324 g/mol. The zero-order chi connectivity index (χ0) is 15.9. The number of aromatic nitrogens is 3. The van der Waals surface area contributed by atoms with Gasteiger partial charge in [-0.25, -0.2) is 4.68 Å². The number of fused-ring (bicyclic) bond motifs is 4. The number of piperidine rings is 1. The van der Waals surface area contributed by atoms with Crippen molar-refractivity contribution in [3.8, 4) is 0 Å². The fourth-order valence-electron chi connectivity index (χ4n) is 4.74. The number of ether oxygens (including phenoxy) is 1. The van der Waals surface area contributed by atoms with Crippen molar-refractivity contribution >= 4 is 0 Å². The summed E-state index contributed by atoms with van der Waals surface area (Å²) in [6.45, 7) is 2.83. The van der Waals surface area contributed by atoms with Crippen LogP contribution >= 0.6 is 0 Å². The molecular weight excluding hydrogens is 300 g/mol. The molecule has 3 heterocycles. The van der Waals surface area contributed by atoms with Crippen molar-refractivity contribution in [3.63, 3.8) is 0 Å². The van der Waals surface area contributed by atoms with E-state index in [-0.39, 0.29) is 6.10 Å². The molecule has 0 amide bonds. The molecule has 1 aliphatic carbocycles. The smallest absolute Gasteiger partial charge is 0.0932 e. The van der Waals surface area contributed by atoms with Gasteiger partial charge in [0.05, 0.1) is 30.6 Å². The third-order valence-corrected chi connectivity index (χ3v) is 6.09. The van der Waals surface area contributed by atoms with Gasteiger partial charge in [-0.05, 0) is 43.2 Å². The SMILES string of the molecule is c1ccc2c(c1)CCC(N1CC[C@H]3[C@H](C1)OCc1cnnn13)CC2. The summed E-state index contributed by atoms with van der Waals surface area (Å²) in [5.74, 6) is 0. The van der Waals surface area contributed by atoms with E-state index in [1.165, 1.54) is 25.7 Å². The van der Waals surface area contributed by atoms with Gasteiger partial charge in [-0.1, -0.05) is 29.5 Å². The molecule has 1 aromatic carbocycles. The van der Waals surface area contributed by atoms with Crippen LogP contribution in [-0.4, -0.2) is 45.1 Å². The quantitative estimate of drug-likeness (QED) is 0.756. The predicted molar refractivity (Wildman–Crippen MR) is 90.7 cm³/mol. The number of hydrogen-bond donors (Lipinski definition) is 0. The first-order valence-corrected chi connectivity index (χ1v) is 9.20. The molecule has 1 aromatic heterocycles. The van der Waals surface area contributed by atoms with Gasteiger partial charge >= 0.3 is 0 Å². The third kappa shape index (κ3) is 2.47. The summed E-state index contributed by atoms with van der Waals surface area (Å²) in [5, 5.41) is 8.35. The Kier molecular flexibility index (Phi) is 3.64. The first-order valence-electron chi connectivity index (χ1n) is 9.20. The second-order valence-corrected chi connectivity index (χ2v) is 7.37. The Bertz CT molecular complexity index is 701. The molecule has 5 rings (SSSR count). The minimum absolute atomic E-state index is 0.263. The van der Waals surface area contributed by atoms with E-state index >= 15 is 0 Å². The Morgan fingerprint density at radius 2 is 1.83 bits per heavy atom. The highest BCUT2D eigenvalue weighted by Gasteiger charge is 2.38. The van der Waals surface area contributed by atoms with E-state index in [0.717, 1.165) is 25.2 Å². The van der Waals surface area contributed by atoms with Crippen molar-refractivity contribution < 1.29 is 4.74 Å². The number of rotatable bonds is 1. The van der Waals surface area contributed by atoms with Crippen LogP contribution in [0.5, 0.6) is 0 Å². The molecule has 0 spiro atoms. The lowest BCUT2D eigenvalue weighted by atomic mass is 9.96. The van der Waals surface area contributed by atoms with E-state index in [9.17, 15) is 0 Å². The summed E-state index contributed by atoms with van der Waals surface area (Å²) < 4.78 is 8.24. The molecule has 1 fully saturated rings. The predicted octanol–water partition coefficient (Wildman–Crippen LogP) is 2.37. The zero-order valence-electron chi connectivity index (χ0n) is 14.0. The lowest BCUT2D eigenvalue weighted by Gasteiger charge is -2.43. The Balaban J connectivity index is 1.29. The molecule has 2 atom stereocenters. The number of hydrogen-bond acceptors (Lipinski definition) is 4. The maximum Gasteiger partial charge on any atom is 0.0932 e. The highest BCUT2D eigenvalue weighted by molar-refractivity contribution is 5.28. The summed E-state index contributed by atoms with van der Waals surface area (Å²) in [5.41, 5.74) is 4.22. The Morgan fingerprint density at radius 1 is 1.04 bits per heavy atom. The van der Waals surface area contributed by atoms with Gasteiger partial charge in [0.25, 0.3) is 0 Å². The molecule has 5 heteroatoms. The Morgan fingerprint density at radius 3 is 2.62 bits per heavy atom. The monoisotopic (exact) mass is 324 g/mol. The van der Waals surface area contributed by atoms with Crippen LogP contribution in [0.3, 0.4) is 0 Å². The van der Waals surface area contributed by atoms with Gasteiger partial charge in [-0.15, -0.1) is 5.10 Å². The summed E-state index contributed by atoms with van der Waals surface area (Å²) in [4.78, 5) is 2.68. The van der Waals surface area contributed by atoms with Gasteiger partial charge in [0.15, 0.2) is 0 Å². The van der Waals surface area contributed by atoms with Crippen LogP contribution in [0.25, 0.3) is 0 Å². The van der Waals surface area contributed by atoms with Crippen molar-refractivity contribution in [2.75, 3.05) is 13.1 Å². The molecular formula is C19H24N4O. The lowest BCUT2D eigenvalue weighted by molar-refractivity contribution is -0.0779. The number of benzene rings is 1. The van der Waals surface area contributed by atoms with Crippen molar-refractivity contribution in [1.29, 1.82) is 0 Å². The lowest BCUT2D eigenvalue weighted by Crippen LogP contribution is -2.51. The summed E-state index contributed by atoms with van der Waals surface area (Å²) in [6.07, 6.45) is 8.17. The molecule has 126 valence electrons. The summed E-state index contributed by atoms with van der Waals surface area (Å²) in [6, 6.07) is 10.0. The molecule has 0 unspecified atom stereocenters. The minimum atomic E-state index is 0.263. The highest BCUT2D eigenvalue weighted by Crippen LogP contribution is 2.33. The van der Waals surface area contributed by atoms with E-state index < -0.39 is 0 Å². The Hall–Kier alpha value is -1.72. The van der Waals surface area contributed by atoms with E-state index in [1.54, 1.807) is 11.1 Å². The van der Waals surface area contributed by atoms with Crippen LogP contribution in [0.2, 0.25) is 0 Å². The maximum atomic E-state index is 6.14. The second-order valence-electron chi connectivity index (χ2n) is 7.37. The van der Waals surface area contributed by atoms with Gasteiger partial charge in [0, 0.05) is 19.1 Å². The number of aryl methyl sites for hydroxylation is 2. The fraction of sp³-hybridized carbons (Fsp3) is 0.579. The maximum absolute atomic E-state index is 6.14. The van der Waals surface area contributed by atoms with Crippen LogP contribution < -0.4 is 0 Å². The first kappa shape index (κ1) is 14.6. The standard InChI is InChI=1S/C19H24N4O/c1-2-4-15-6-8-16(7-5-14(15)3-1)22-10-9-18-19(12-22)24-13-17-11-20-21-23(17)18/h1-4,11,16,18-19H,5-10,12-13H2/t18-,19-/m0/s1. The van der Waals surface area contributed by atoms with Crippen molar-refractivity contribution in [2.45, 2.75) is 56.9 Å². The zero-order valence-corrected chi connectivity index (χ0v) is 14.0. The van der Waals surface area contributed by atoms with Gasteiger partial charge < -0.3 is 4.74 Å². The number of nitrogens with zero attached hydrogens (tertiary/aromatic N) is 4. The molecule has 3 aliphatic rings. The van der Waals surface area contributed by atoms with Crippen LogP contribution in [0.15, 0.2) is 30.5 Å². The fourth-order valence-corrected chi connectivity index (χ4v) is 4.74. The first-order chi connectivity index (χ1) is 11.9. The second kappa shape index (κ2) is 5.97. The molecule has 0 radical (unpaired) electrons. The van der Waals surface area contributed by atoms with E-state index in [4.69, 9.17) is 4.74 Å². The highest BCUT2D eigenvalue weighted by atomic mass is 16.5. The van der Waals surface area contributed by atoms with Crippen molar-refractivity contribution in [3.05, 3.63) is 47.3 Å². The summed E-state index contributed by atoms with van der Waals surface area (Å²) >= 11 is 0.